The van der Waals surface area contributed by atoms with Gasteiger partial charge in [-0.05, 0) is 37.8 Å². The van der Waals surface area contributed by atoms with E-state index in [4.69, 9.17) is 42.6 Å². The number of carbonyl (C=O) groups is 7. The van der Waals surface area contributed by atoms with Crippen LogP contribution in [0.1, 0.15) is 112 Å². The van der Waals surface area contributed by atoms with Crippen LogP contribution in [0, 0.1) is 0 Å². The van der Waals surface area contributed by atoms with Gasteiger partial charge in [0.05, 0.1) is 85.3 Å². The lowest BCUT2D eigenvalue weighted by molar-refractivity contribution is -0.157. The van der Waals surface area contributed by atoms with Crippen molar-refractivity contribution in [3.05, 3.63) is 70.8 Å². The Morgan fingerprint density at radius 3 is 1.58 bits per heavy atom. The fourth-order valence-electron chi connectivity index (χ4n) is 6.92. The van der Waals surface area contributed by atoms with Crippen LogP contribution >= 0.6 is 0 Å². The summed E-state index contributed by atoms with van der Waals surface area (Å²) in [7, 11) is 0. The van der Waals surface area contributed by atoms with E-state index in [0.717, 1.165) is 6.42 Å². The largest absolute Gasteiger partial charge is 0.463 e. The van der Waals surface area contributed by atoms with Gasteiger partial charge in [0.15, 0.2) is 23.0 Å². The van der Waals surface area contributed by atoms with Gasteiger partial charge in [0.25, 0.3) is 0 Å². The van der Waals surface area contributed by atoms with Crippen molar-refractivity contribution in [2.45, 2.75) is 101 Å². The standard InChI is InChI=1S/C47H60O18/c48-34(24-57-19-21-59-28-36-30-61-36)26-63-43(53)14-12-41(51)38-10-9-33(23-39(38)42(52)13-15-44(54)64-27-35(49)25-58-20-22-60-29-37-31-62-37)40(50)11-16-45(55)65-47(17-5-2-6-18-47)46(56)32-7-3-1-4-8-32/h1,3-4,7-10,23,34-37,48-49H,2,5-6,11-22,24-31H2. The zero-order valence-corrected chi connectivity index (χ0v) is 36.6. The summed E-state index contributed by atoms with van der Waals surface area (Å²) in [5.41, 5.74) is -1.22. The zero-order valence-electron chi connectivity index (χ0n) is 36.6. The lowest BCUT2D eigenvalue weighted by Gasteiger charge is -2.35. The van der Waals surface area contributed by atoms with Crippen molar-refractivity contribution >= 4 is 41.0 Å². The normalized spacial score (nSPS) is 18.2. The monoisotopic (exact) mass is 912 g/mol. The van der Waals surface area contributed by atoms with E-state index in [0.29, 0.717) is 70.9 Å². The van der Waals surface area contributed by atoms with Gasteiger partial charge in [-0.3, -0.25) is 33.6 Å². The summed E-state index contributed by atoms with van der Waals surface area (Å²) in [6, 6.07) is 12.4. The number of aliphatic hydroxyl groups excluding tert-OH is 2. The summed E-state index contributed by atoms with van der Waals surface area (Å²) in [4.78, 5) is 92.5. The second kappa shape index (κ2) is 27.0. The molecule has 0 radical (unpaired) electrons. The van der Waals surface area contributed by atoms with E-state index in [1.165, 1.54) is 18.2 Å². The van der Waals surface area contributed by atoms with Crippen molar-refractivity contribution in [1.29, 1.82) is 0 Å². The van der Waals surface area contributed by atoms with Crippen molar-refractivity contribution in [3.63, 3.8) is 0 Å². The number of ketones is 4. The summed E-state index contributed by atoms with van der Waals surface area (Å²) in [6.45, 7) is 2.29. The second-order valence-electron chi connectivity index (χ2n) is 16.1. The van der Waals surface area contributed by atoms with Crippen LogP contribution in [-0.2, 0) is 57.0 Å². The average molecular weight is 913 g/mol. The van der Waals surface area contributed by atoms with Gasteiger partial charge in [-0.1, -0.05) is 42.8 Å². The number of hydrogen-bond acceptors (Lipinski definition) is 18. The fraction of sp³-hybridized carbons (Fsp3) is 0.596. The third-order valence-corrected chi connectivity index (χ3v) is 10.7. The quantitative estimate of drug-likeness (QED) is 0.0342. The molecule has 3 fully saturated rings. The summed E-state index contributed by atoms with van der Waals surface area (Å²) < 4.78 is 47.5. The Kier molecular flexibility index (Phi) is 21.3. The van der Waals surface area contributed by atoms with Gasteiger partial charge < -0.3 is 52.8 Å². The molecule has 2 aromatic carbocycles. The molecule has 2 saturated heterocycles. The summed E-state index contributed by atoms with van der Waals surface area (Å²) >= 11 is 0. The first-order chi connectivity index (χ1) is 31.4. The molecule has 4 unspecified atom stereocenters. The van der Waals surface area contributed by atoms with Crippen LogP contribution in [0.4, 0.5) is 0 Å². The molecule has 0 amide bonds. The first-order valence-electron chi connectivity index (χ1n) is 22.2. The van der Waals surface area contributed by atoms with Crippen LogP contribution in [0.15, 0.2) is 48.5 Å². The Labute approximate surface area is 377 Å². The molecule has 3 aliphatic rings. The van der Waals surface area contributed by atoms with E-state index in [1.807, 2.05) is 0 Å². The number of rotatable bonds is 33. The van der Waals surface area contributed by atoms with Crippen molar-refractivity contribution in [1.82, 2.24) is 0 Å². The van der Waals surface area contributed by atoms with E-state index in [-0.39, 0.29) is 87.0 Å². The van der Waals surface area contributed by atoms with Gasteiger partial charge in [0, 0.05) is 41.5 Å². The number of ether oxygens (including phenoxy) is 9. The Hall–Kier alpha value is -4.79. The molecular formula is C47H60O18. The minimum Gasteiger partial charge on any atom is -0.463 e. The molecule has 2 heterocycles. The molecule has 5 rings (SSSR count). The molecule has 18 heteroatoms. The molecule has 2 aliphatic heterocycles. The molecule has 2 N–H and O–H groups in total. The highest BCUT2D eigenvalue weighted by Gasteiger charge is 2.43. The van der Waals surface area contributed by atoms with Crippen LogP contribution < -0.4 is 0 Å². The molecule has 1 saturated carbocycles. The third kappa shape index (κ3) is 18.6. The third-order valence-electron chi connectivity index (χ3n) is 10.7. The lowest BCUT2D eigenvalue weighted by Crippen LogP contribution is -2.45. The van der Waals surface area contributed by atoms with E-state index < -0.39 is 78.9 Å². The number of Topliss-reactive ketones (excluding diaryl/α,β-unsaturated/α-hetero) is 4. The van der Waals surface area contributed by atoms with Crippen molar-refractivity contribution < 1.29 is 86.4 Å². The van der Waals surface area contributed by atoms with Crippen LogP contribution in [0.3, 0.4) is 0 Å². The molecule has 4 atom stereocenters. The van der Waals surface area contributed by atoms with Crippen LogP contribution in [0.25, 0.3) is 0 Å². The molecular weight excluding hydrogens is 852 g/mol. The van der Waals surface area contributed by atoms with Gasteiger partial charge in [0.2, 0.25) is 5.78 Å². The summed E-state index contributed by atoms with van der Waals surface area (Å²) in [5, 5.41) is 20.3. The molecule has 0 spiro atoms. The van der Waals surface area contributed by atoms with E-state index >= 15 is 0 Å². The minimum atomic E-state index is -1.34. The van der Waals surface area contributed by atoms with E-state index in [1.54, 1.807) is 30.3 Å². The molecule has 1 aliphatic carbocycles. The number of aliphatic hydroxyl groups is 2. The highest BCUT2D eigenvalue weighted by Crippen LogP contribution is 2.35. The predicted octanol–water partition coefficient (Wildman–Crippen LogP) is 3.38. The summed E-state index contributed by atoms with van der Waals surface area (Å²) in [5.74, 6) is -4.48. The summed E-state index contributed by atoms with van der Waals surface area (Å²) in [6.07, 6.45) is -1.34. The molecule has 0 bridgehead atoms. The number of hydrogen-bond donors (Lipinski definition) is 2. The average Bonchev–Trinajstić information content (AvgIpc) is 4.27. The molecule has 0 aromatic heterocycles. The maximum absolute atomic E-state index is 13.6. The van der Waals surface area contributed by atoms with Crippen molar-refractivity contribution in [3.8, 4) is 0 Å². The fourth-order valence-corrected chi connectivity index (χ4v) is 6.92. The van der Waals surface area contributed by atoms with E-state index in [9.17, 15) is 43.8 Å². The Bertz CT molecular complexity index is 1880. The molecule has 2 aromatic rings. The first-order valence-corrected chi connectivity index (χ1v) is 22.2. The van der Waals surface area contributed by atoms with Gasteiger partial charge in [-0.25, -0.2) is 0 Å². The Balaban J connectivity index is 1.14. The molecule has 18 nitrogen and oxygen atoms in total. The van der Waals surface area contributed by atoms with Gasteiger partial charge >= 0.3 is 17.9 Å². The van der Waals surface area contributed by atoms with Gasteiger partial charge in [0.1, 0.15) is 37.6 Å². The first kappa shape index (κ1) is 51.2. The lowest BCUT2D eigenvalue weighted by atomic mass is 9.79. The number of epoxide rings is 2. The number of carbonyl (C=O) groups excluding carboxylic acids is 7. The Morgan fingerprint density at radius 1 is 0.554 bits per heavy atom. The number of esters is 3. The van der Waals surface area contributed by atoms with E-state index in [2.05, 4.69) is 0 Å². The molecule has 65 heavy (non-hydrogen) atoms. The van der Waals surface area contributed by atoms with Crippen LogP contribution in [0.5, 0.6) is 0 Å². The zero-order chi connectivity index (χ0) is 46.4. The highest BCUT2D eigenvalue weighted by molar-refractivity contribution is 6.11. The van der Waals surface area contributed by atoms with Crippen molar-refractivity contribution in [2.75, 3.05) is 79.3 Å². The highest BCUT2D eigenvalue weighted by atomic mass is 16.6. The van der Waals surface area contributed by atoms with Crippen LogP contribution in [0.2, 0.25) is 0 Å². The Morgan fingerprint density at radius 2 is 1.05 bits per heavy atom. The predicted molar refractivity (Wildman–Crippen MR) is 227 cm³/mol. The van der Waals surface area contributed by atoms with Gasteiger partial charge in [-0.15, -0.1) is 0 Å². The molecule has 356 valence electrons. The maximum atomic E-state index is 13.6. The van der Waals surface area contributed by atoms with Crippen molar-refractivity contribution in [2.24, 2.45) is 0 Å². The SMILES string of the molecule is O=C(CCC(=O)c1ccc(C(=O)CCC(=O)OC2(C(=O)c3ccccc3)CCCCC2)cc1C(=O)CCC(=O)OCC(O)COCCOCC1CO1)OCC(O)COCCOCC1CO1. The minimum absolute atomic E-state index is 0.00141. The van der Waals surface area contributed by atoms with Crippen LogP contribution in [-0.4, -0.2) is 161 Å². The maximum Gasteiger partial charge on any atom is 0.307 e. The van der Waals surface area contributed by atoms with Gasteiger partial charge in [-0.2, -0.15) is 0 Å². The smallest absolute Gasteiger partial charge is 0.307 e. The topological polar surface area (TPSA) is 250 Å². The number of benzene rings is 2. The second-order valence-corrected chi connectivity index (χ2v) is 16.1.